The molecule has 1 aromatic carbocycles. The second-order valence-corrected chi connectivity index (χ2v) is 6.40. The van der Waals surface area contributed by atoms with Gasteiger partial charge in [-0.1, -0.05) is 24.3 Å². The first kappa shape index (κ1) is 22.2. The zero-order valence-electron chi connectivity index (χ0n) is 15.8. The highest BCUT2D eigenvalue weighted by Crippen LogP contribution is 2.34. The van der Waals surface area contributed by atoms with Crippen molar-refractivity contribution in [3.05, 3.63) is 35.4 Å². The molecule has 0 saturated heterocycles. The van der Waals surface area contributed by atoms with Crippen molar-refractivity contribution in [1.29, 1.82) is 0 Å². The number of hydrogen-bond acceptors (Lipinski definition) is 3. The molecule has 2 rings (SSSR count). The van der Waals surface area contributed by atoms with Crippen molar-refractivity contribution in [3.8, 4) is 0 Å². The van der Waals surface area contributed by atoms with Gasteiger partial charge < -0.3 is 20.3 Å². The van der Waals surface area contributed by atoms with Gasteiger partial charge in [-0.3, -0.25) is 4.99 Å². The fourth-order valence-electron chi connectivity index (χ4n) is 3.02. The van der Waals surface area contributed by atoms with Crippen molar-refractivity contribution in [2.24, 2.45) is 4.99 Å². The summed E-state index contributed by atoms with van der Waals surface area (Å²) in [6.07, 6.45) is 2.23. The van der Waals surface area contributed by atoms with E-state index < -0.39 is 0 Å². The number of nitrogens with zero attached hydrogens (tertiary/aromatic N) is 2. The molecule has 0 saturated carbocycles. The first-order valence-electron chi connectivity index (χ1n) is 9.02. The summed E-state index contributed by atoms with van der Waals surface area (Å²) < 4.78 is 5.09. The third kappa shape index (κ3) is 7.50. The predicted molar refractivity (Wildman–Crippen MR) is 116 cm³/mol. The lowest BCUT2D eigenvalue weighted by Gasteiger charge is -2.29. The van der Waals surface area contributed by atoms with Gasteiger partial charge in [-0.2, -0.15) is 0 Å². The van der Waals surface area contributed by atoms with Crippen LogP contribution < -0.4 is 10.6 Å². The van der Waals surface area contributed by atoms with E-state index in [1.807, 2.05) is 0 Å². The Balaban J connectivity index is 0.00000312. The number of benzene rings is 1. The van der Waals surface area contributed by atoms with E-state index in [0.29, 0.717) is 5.92 Å². The highest BCUT2D eigenvalue weighted by Gasteiger charge is 2.24. The van der Waals surface area contributed by atoms with Gasteiger partial charge in [-0.05, 0) is 37.9 Å². The number of hydrogen-bond donors (Lipinski definition) is 2. The monoisotopic (exact) mass is 460 g/mol. The van der Waals surface area contributed by atoms with Crippen LogP contribution in [0.1, 0.15) is 30.4 Å². The predicted octanol–water partition coefficient (Wildman–Crippen LogP) is 2.47. The molecule has 0 fully saturated rings. The van der Waals surface area contributed by atoms with Crippen LogP contribution in [0.2, 0.25) is 0 Å². The van der Waals surface area contributed by atoms with E-state index in [1.165, 1.54) is 11.1 Å². The Morgan fingerprint density at radius 2 is 2.08 bits per heavy atom. The third-order valence-corrected chi connectivity index (χ3v) is 4.45. The van der Waals surface area contributed by atoms with Crippen LogP contribution in [0.4, 0.5) is 0 Å². The SMILES string of the molecule is CCNC(=NCC1Cc2ccccc21)NCCN(C)CCCOC.I. The zero-order chi connectivity index (χ0) is 17.2. The largest absolute Gasteiger partial charge is 0.385 e. The molecule has 0 bridgehead atoms. The Bertz CT molecular complexity index is 524. The number of ether oxygens (including phenoxy) is 1. The van der Waals surface area contributed by atoms with E-state index in [1.54, 1.807) is 7.11 Å². The van der Waals surface area contributed by atoms with Crippen molar-refractivity contribution >= 4 is 29.9 Å². The molecule has 0 aromatic heterocycles. The Kier molecular flexibility index (Phi) is 11.1. The third-order valence-electron chi connectivity index (χ3n) is 4.45. The van der Waals surface area contributed by atoms with E-state index in [9.17, 15) is 0 Å². The molecule has 0 radical (unpaired) electrons. The quantitative estimate of drug-likeness (QED) is 0.244. The fourth-order valence-corrected chi connectivity index (χ4v) is 3.02. The van der Waals surface area contributed by atoms with Gasteiger partial charge in [0.25, 0.3) is 0 Å². The van der Waals surface area contributed by atoms with Gasteiger partial charge in [-0.25, -0.2) is 0 Å². The lowest BCUT2D eigenvalue weighted by molar-refractivity contribution is 0.180. The van der Waals surface area contributed by atoms with E-state index in [4.69, 9.17) is 9.73 Å². The van der Waals surface area contributed by atoms with E-state index in [0.717, 1.165) is 58.1 Å². The van der Waals surface area contributed by atoms with Crippen molar-refractivity contribution in [2.75, 3.05) is 53.5 Å². The van der Waals surface area contributed by atoms with Crippen LogP contribution in [0.5, 0.6) is 0 Å². The average Bonchev–Trinajstić information content (AvgIpc) is 2.56. The minimum Gasteiger partial charge on any atom is -0.385 e. The van der Waals surface area contributed by atoms with E-state index in [2.05, 4.69) is 53.8 Å². The summed E-state index contributed by atoms with van der Waals surface area (Å²) >= 11 is 0. The molecular weight excluding hydrogens is 427 g/mol. The molecular formula is C19H33IN4O. The second kappa shape index (κ2) is 12.5. The number of guanidine groups is 1. The summed E-state index contributed by atoms with van der Waals surface area (Å²) in [5.41, 5.74) is 2.95. The topological polar surface area (TPSA) is 48.9 Å². The number of rotatable bonds is 10. The number of methoxy groups -OCH3 is 1. The smallest absolute Gasteiger partial charge is 0.191 e. The van der Waals surface area contributed by atoms with Crippen LogP contribution in [0.3, 0.4) is 0 Å². The standard InChI is InChI=1S/C19H32N4O.HI/c1-4-20-19(21-10-12-23(2)11-7-13-24-3)22-15-17-14-16-8-5-6-9-18(16)17;/h5-6,8-9,17H,4,7,10-15H2,1-3H3,(H2,20,21,22);1H. The molecule has 0 heterocycles. The Morgan fingerprint density at radius 1 is 1.28 bits per heavy atom. The van der Waals surface area contributed by atoms with Crippen molar-refractivity contribution in [1.82, 2.24) is 15.5 Å². The van der Waals surface area contributed by atoms with Gasteiger partial charge in [0.1, 0.15) is 0 Å². The highest BCUT2D eigenvalue weighted by atomic mass is 127. The van der Waals surface area contributed by atoms with Gasteiger partial charge in [0.2, 0.25) is 0 Å². The molecule has 25 heavy (non-hydrogen) atoms. The maximum Gasteiger partial charge on any atom is 0.191 e. The summed E-state index contributed by atoms with van der Waals surface area (Å²) in [6.45, 7) is 7.63. The van der Waals surface area contributed by atoms with Crippen LogP contribution in [0.25, 0.3) is 0 Å². The molecule has 142 valence electrons. The minimum absolute atomic E-state index is 0. The second-order valence-electron chi connectivity index (χ2n) is 6.40. The number of halogens is 1. The van der Waals surface area contributed by atoms with Crippen LogP contribution in [-0.2, 0) is 11.2 Å². The first-order valence-corrected chi connectivity index (χ1v) is 9.02. The molecule has 1 aromatic rings. The van der Waals surface area contributed by atoms with Crippen molar-refractivity contribution in [3.63, 3.8) is 0 Å². The summed E-state index contributed by atoms with van der Waals surface area (Å²) in [6, 6.07) is 8.69. The fraction of sp³-hybridized carbons (Fsp3) is 0.632. The van der Waals surface area contributed by atoms with E-state index >= 15 is 0 Å². The maximum absolute atomic E-state index is 5.09. The number of fused-ring (bicyclic) bond motifs is 1. The Hall–Kier alpha value is -0.860. The molecule has 5 nitrogen and oxygen atoms in total. The molecule has 1 aliphatic rings. The van der Waals surface area contributed by atoms with Gasteiger partial charge in [0.05, 0.1) is 0 Å². The minimum atomic E-state index is 0. The maximum atomic E-state index is 5.09. The average molecular weight is 460 g/mol. The number of likely N-dealkylation sites (N-methyl/N-ethyl adjacent to an activating group) is 1. The van der Waals surface area contributed by atoms with Gasteiger partial charge in [0.15, 0.2) is 5.96 Å². The van der Waals surface area contributed by atoms with Crippen LogP contribution in [0.15, 0.2) is 29.3 Å². The zero-order valence-corrected chi connectivity index (χ0v) is 18.1. The molecule has 0 spiro atoms. The molecule has 6 heteroatoms. The van der Waals surface area contributed by atoms with Crippen LogP contribution in [0, 0.1) is 0 Å². The summed E-state index contributed by atoms with van der Waals surface area (Å²) in [7, 11) is 3.90. The summed E-state index contributed by atoms with van der Waals surface area (Å²) in [5, 5.41) is 6.77. The van der Waals surface area contributed by atoms with E-state index in [-0.39, 0.29) is 24.0 Å². The molecule has 2 N–H and O–H groups in total. The Morgan fingerprint density at radius 3 is 2.80 bits per heavy atom. The van der Waals surface area contributed by atoms with Gasteiger partial charge >= 0.3 is 0 Å². The molecule has 0 amide bonds. The molecule has 0 aliphatic heterocycles. The summed E-state index contributed by atoms with van der Waals surface area (Å²) in [4.78, 5) is 7.08. The Labute approximate surface area is 169 Å². The van der Waals surface area contributed by atoms with Crippen molar-refractivity contribution in [2.45, 2.75) is 25.7 Å². The van der Waals surface area contributed by atoms with Crippen molar-refractivity contribution < 1.29 is 4.74 Å². The normalized spacial score (nSPS) is 16.0. The number of aliphatic imine (C=N–C) groups is 1. The molecule has 1 unspecified atom stereocenters. The van der Waals surface area contributed by atoms with Gasteiger partial charge in [-0.15, -0.1) is 24.0 Å². The first-order chi connectivity index (χ1) is 11.7. The number of nitrogens with one attached hydrogen (secondary N) is 2. The molecule has 1 aliphatic carbocycles. The van der Waals surface area contributed by atoms with Crippen LogP contribution in [-0.4, -0.2) is 64.3 Å². The summed E-state index contributed by atoms with van der Waals surface area (Å²) in [5.74, 6) is 1.50. The lowest BCUT2D eigenvalue weighted by Crippen LogP contribution is -2.41. The van der Waals surface area contributed by atoms with Gasteiger partial charge in [0, 0.05) is 52.4 Å². The van der Waals surface area contributed by atoms with Crippen LogP contribution >= 0.6 is 24.0 Å². The highest BCUT2D eigenvalue weighted by molar-refractivity contribution is 14.0. The molecule has 1 atom stereocenters. The lowest BCUT2D eigenvalue weighted by atomic mass is 9.78.